The minimum absolute atomic E-state index is 0.0813. The summed E-state index contributed by atoms with van der Waals surface area (Å²) in [6, 6.07) is 7.98. The van der Waals surface area contributed by atoms with Crippen molar-refractivity contribution in [2.24, 2.45) is 0 Å². The quantitative estimate of drug-likeness (QED) is 0.801. The van der Waals surface area contributed by atoms with E-state index in [1.54, 1.807) is 30.5 Å². The third-order valence-corrected chi connectivity index (χ3v) is 2.94. The van der Waals surface area contributed by atoms with E-state index >= 15 is 0 Å². The Hall–Kier alpha value is -2.62. The van der Waals surface area contributed by atoms with E-state index in [0.717, 1.165) is 0 Å². The minimum atomic E-state index is -0.354. The normalized spacial score (nSPS) is 14.3. The number of Topliss-reactive ketones (excluding diaryl/α,β-unsaturated/α-hetero) is 1. The van der Waals surface area contributed by atoms with Crippen molar-refractivity contribution in [2.75, 3.05) is 0 Å². The highest BCUT2D eigenvalue weighted by Gasteiger charge is 2.28. The molecule has 1 heterocycles. The van der Waals surface area contributed by atoms with Gasteiger partial charge in [-0.15, -0.1) is 0 Å². The average molecular weight is 239 g/mol. The number of aromatic nitrogens is 1. The molecule has 3 rings (SSSR count). The van der Waals surface area contributed by atoms with Crippen molar-refractivity contribution in [2.45, 2.75) is 0 Å². The van der Waals surface area contributed by atoms with E-state index < -0.39 is 0 Å². The highest BCUT2D eigenvalue weighted by molar-refractivity contribution is 6.38. The molecule has 1 aromatic carbocycles. The van der Waals surface area contributed by atoms with Gasteiger partial charge < -0.3 is 10.1 Å². The van der Waals surface area contributed by atoms with Gasteiger partial charge in [0.1, 0.15) is 5.75 Å². The summed E-state index contributed by atoms with van der Waals surface area (Å²) in [5, 5.41) is 9.65. The van der Waals surface area contributed by atoms with Crippen molar-refractivity contribution in [3.63, 3.8) is 0 Å². The molecule has 0 saturated heterocycles. The molecular weight excluding hydrogens is 230 g/mol. The van der Waals surface area contributed by atoms with E-state index in [2.05, 4.69) is 4.98 Å². The van der Waals surface area contributed by atoms with Gasteiger partial charge in [-0.25, -0.2) is 0 Å². The minimum Gasteiger partial charge on any atom is -0.507 e. The van der Waals surface area contributed by atoms with Crippen LogP contribution < -0.4 is 0 Å². The maximum Gasteiger partial charge on any atom is 0.196 e. The van der Waals surface area contributed by atoms with Gasteiger partial charge in [0.05, 0.1) is 5.56 Å². The summed E-state index contributed by atoms with van der Waals surface area (Å²) in [5.41, 5.74) is 1.25. The predicted molar refractivity (Wildman–Crippen MR) is 65.5 cm³/mol. The van der Waals surface area contributed by atoms with Crippen molar-refractivity contribution in [1.82, 2.24) is 4.98 Å². The lowest BCUT2D eigenvalue weighted by Gasteiger charge is -2.15. The van der Waals surface area contributed by atoms with Gasteiger partial charge in [-0.1, -0.05) is 12.1 Å². The fourth-order valence-corrected chi connectivity index (χ4v) is 2.10. The van der Waals surface area contributed by atoms with Gasteiger partial charge in [0.15, 0.2) is 11.6 Å². The van der Waals surface area contributed by atoms with Crippen molar-refractivity contribution in [3.8, 4) is 5.75 Å². The number of phenolic OH excluding ortho intramolecular Hbond substituents is 1. The molecule has 0 bridgehead atoms. The zero-order valence-electron chi connectivity index (χ0n) is 9.31. The number of rotatable bonds is 1. The number of hydrogen-bond acceptors (Lipinski definition) is 3. The number of nitrogens with one attached hydrogen (secondary N) is 1. The Balaban J connectivity index is 2.21. The molecule has 0 aliphatic heterocycles. The Kier molecular flexibility index (Phi) is 2.16. The molecule has 0 atom stereocenters. The number of aromatic hydroxyl groups is 1. The zero-order valence-corrected chi connectivity index (χ0v) is 9.31. The van der Waals surface area contributed by atoms with Gasteiger partial charge >= 0.3 is 0 Å². The molecular formula is C14H9NO3. The van der Waals surface area contributed by atoms with Crippen LogP contribution in [0.2, 0.25) is 0 Å². The van der Waals surface area contributed by atoms with Crippen molar-refractivity contribution in [3.05, 3.63) is 59.4 Å². The molecule has 0 spiro atoms. The van der Waals surface area contributed by atoms with E-state index in [0.29, 0.717) is 11.3 Å². The number of allylic oxidation sites excluding steroid dienone is 2. The summed E-state index contributed by atoms with van der Waals surface area (Å²) < 4.78 is 0. The number of fused-ring (bicyclic) bond motifs is 1. The van der Waals surface area contributed by atoms with Crippen LogP contribution in [0, 0.1) is 0 Å². The van der Waals surface area contributed by atoms with E-state index in [4.69, 9.17) is 0 Å². The Morgan fingerprint density at radius 2 is 1.89 bits per heavy atom. The number of hydrogen-bond donors (Lipinski definition) is 2. The number of benzene rings is 1. The van der Waals surface area contributed by atoms with Gasteiger partial charge in [-0.3, -0.25) is 9.59 Å². The van der Waals surface area contributed by atoms with Crippen LogP contribution in [0.3, 0.4) is 0 Å². The second-order valence-corrected chi connectivity index (χ2v) is 4.03. The van der Waals surface area contributed by atoms with Crippen LogP contribution in [-0.4, -0.2) is 21.7 Å². The van der Waals surface area contributed by atoms with Crippen molar-refractivity contribution < 1.29 is 14.7 Å². The lowest BCUT2D eigenvalue weighted by Crippen LogP contribution is -2.16. The first kappa shape index (κ1) is 10.5. The molecule has 0 saturated carbocycles. The number of carbonyl (C=O) groups is 2. The summed E-state index contributed by atoms with van der Waals surface area (Å²) >= 11 is 0. The van der Waals surface area contributed by atoms with E-state index in [1.807, 2.05) is 0 Å². The Morgan fingerprint density at radius 1 is 1.06 bits per heavy atom. The third-order valence-electron chi connectivity index (χ3n) is 2.94. The second kappa shape index (κ2) is 3.70. The largest absolute Gasteiger partial charge is 0.507 e. The van der Waals surface area contributed by atoms with Crippen LogP contribution in [0.4, 0.5) is 0 Å². The van der Waals surface area contributed by atoms with Crippen LogP contribution >= 0.6 is 0 Å². The highest BCUT2D eigenvalue weighted by Crippen LogP contribution is 2.31. The Bertz CT molecular complexity index is 681. The summed E-state index contributed by atoms with van der Waals surface area (Å²) in [6.07, 6.45) is 2.95. The first-order valence-electron chi connectivity index (χ1n) is 5.45. The van der Waals surface area contributed by atoms with Crippen LogP contribution in [0.5, 0.6) is 5.75 Å². The number of H-pyrrole nitrogens is 1. The van der Waals surface area contributed by atoms with Gasteiger partial charge in [0, 0.05) is 23.0 Å². The number of carbonyl (C=O) groups excluding carboxylic acids is 2. The maximum absolute atomic E-state index is 12.3. The van der Waals surface area contributed by atoms with Crippen LogP contribution in [0.15, 0.2) is 42.6 Å². The average Bonchev–Trinajstić information content (AvgIpc) is 2.87. The highest BCUT2D eigenvalue weighted by atomic mass is 16.3. The summed E-state index contributed by atoms with van der Waals surface area (Å²) in [5.74, 6) is -0.775. The van der Waals surface area contributed by atoms with Gasteiger partial charge in [0.25, 0.3) is 0 Å². The summed E-state index contributed by atoms with van der Waals surface area (Å²) in [7, 11) is 0. The molecule has 4 nitrogen and oxygen atoms in total. The monoisotopic (exact) mass is 239 g/mol. The molecule has 18 heavy (non-hydrogen) atoms. The zero-order chi connectivity index (χ0) is 12.7. The molecule has 4 heteroatoms. The molecule has 88 valence electrons. The Morgan fingerprint density at radius 3 is 2.61 bits per heavy atom. The first-order valence-corrected chi connectivity index (χ1v) is 5.45. The third kappa shape index (κ3) is 1.39. The van der Waals surface area contributed by atoms with E-state index in [9.17, 15) is 14.7 Å². The number of ketones is 2. The molecule has 1 aliphatic carbocycles. The molecule has 1 aromatic heterocycles. The Labute approximate surface area is 103 Å². The van der Waals surface area contributed by atoms with Gasteiger partial charge in [0.2, 0.25) is 0 Å². The lowest BCUT2D eigenvalue weighted by molar-refractivity contribution is 0.0999. The fourth-order valence-electron chi connectivity index (χ4n) is 2.10. The molecule has 2 aromatic rings. The predicted octanol–water partition coefficient (Wildman–Crippen LogP) is 2.18. The standard InChI is InChI=1S/C14H9NO3/c16-11-5-1-3-8-13(11)12(17)7-9(14(8)18)10-4-2-6-15-10/h1-7,15-16H. The van der Waals surface area contributed by atoms with Crippen LogP contribution in [0.25, 0.3) is 5.57 Å². The van der Waals surface area contributed by atoms with Crippen molar-refractivity contribution in [1.29, 1.82) is 0 Å². The van der Waals surface area contributed by atoms with Crippen LogP contribution in [-0.2, 0) is 0 Å². The van der Waals surface area contributed by atoms with E-state index in [1.165, 1.54) is 12.1 Å². The summed E-state index contributed by atoms with van der Waals surface area (Å²) in [4.78, 5) is 27.1. The first-order chi connectivity index (χ1) is 8.68. The fraction of sp³-hybridized carbons (Fsp3) is 0. The van der Waals surface area contributed by atoms with Gasteiger partial charge in [-0.2, -0.15) is 0 Å². The molecule has 0 fully saturated rings. The topological polar surface area (TPSA) is 70.2 Å². The molecule has 0 radical (unpaired) electrons. The van der Waals surface area contributed by atoms with Gasteiger partial charge in [-0.05, 0) is 24.3 Å². The van der Waals surface area contributed by atoms with Crippen LogP contribution in [0.1, 0.15) is 26.4 Å². The molecule has 1 aliphatic rings. The molecule has 0 unspecified atom stereocenters. The smallest absolute Gasteiger partial charge is 0.196 e. The summed E-state index contributed by atoms with van der Waals surface area (Å²) in [6.45, 7) is 0. The molecule has 2 N–H and O–H groups in total. The second-order valence-electron chi connectivity index (χ2n) is 4.03. The van der Waals surface area contributed by atoms with E-state index in [-0.39, 0.29) is 28.4 Å². The SMILES string of the molecule is O=C1C(c2ccc[nH]2)=CC(=O)c2c(O)cccc21. The number of aromatic amines is 1. The van der Waals surface area contributed by atoms with Crippen molar-refractivity contribution >= 4 is 17.1 Å². The number of phenols is 1. The lowest BCUT2D eigenvalue weighted by atomic mass is 9.87. The molecule has 0 amide bonds. The maximum atomic E-state index is 12.3.